The minimum atomic E-state index is -3.67. The molecule has 0 atom stereocenters. The van der Waals surface area contributed by atoms with Gasteiger partial charge >= 0.3 is 0 Å². The van der Waals surface area contributed by atoms with E-state index in [-0.39, 0.29) is 23.8 Å². The summed E-state index contributed by atoms with van der Waals surface area (Å²) >= 11 is 1.35. The lowest BCUT2D eigenvalue weighted by Crippen LogP contribution is -2.27. The number of nitrogens with one attached hydrogen (secondary N) is 2. The van der Waals surface area contributed by atoms with Crippen molar-refractivity contribution in [3.05, 3.63) is 29.3 Å². The molecule has 0 radical (unpaired) electrons. The molecular weight excluding hydrogens is 388 g/mol. The normalized spacial score (nSPS) is 11.3. The molecule has 148 valence electrons. The van der Waals surface area contributed by atoms with Crippen molar-refractivity contribution in [3.8, 4) is 5.75 Å². The van der Waals surface area contributed by atoms with Gasteiger partial charge in [-0.2, -0.15) is 0 Å². The van der Waals surface area contributed by atoms with E-state index in [0.29, 0.717) is 10.9 Å². The Bertz CT molecular complexity index is 835. The number of unbranched alkanes of at least 4 members (excludes halogenated alkanes) is 2. The summed E-state index contributed by atoms with van der Waals surface area (Å²) in [4.78, 5) is 12.1. The van der Waals surface area contributed by atoms with Crippen LogP contribution in [0, 0.1) is 0 Å². The molecule has 0 aliphatic carbocycles. The minimum Gasteiger partial charge on any atom is -0.497 e. The van der Waals surface area contributed by atoms with Crippen LogP contribution in [0.1, 0.15) is 37.6 Å². The van der Waals surface area contributed by atoms with Crippen LogP contribution in [-0.4, -0.2) is 38.2 Å². The molecule has 0 saturated heterocycles. The fraction of sp³-hybridized carbons (Fsp3) is 0.471. The van der Waals surface area contributed by atoms with Crippen molar-refractivity contribution in [2.24, 2.45) is 0 Å². The van der Waals surface area contributed by atoms with E-state index >= 15 is 0 Å². The van der Waals surface area contributed by atoms with Gasteiger partial charge in [-0.25, -0.2) is 13.1 Å². The number of aromatic nitrogens is 2. The first-order valence-corrected chi connectivity index (χ1v) is 11.0. The molecule has 27 heavy (non-hydrogen) atoms. The van der Waals surface area contributed by atoms with Gasteiger partial charge in [0.1, 0.15) is 10.8 Å². The second kappa shape index (κ2) is 10.3. The Morgan fingerprint density at radius 2 is 1.93 bits per heavy atom. The number of nitrogens with zero attached hydrogens (tertiary/aromatic N) is 2. The van der Waals surface area contributed by atoms with E-state index in [0.717, 1.165) is 30.7 Å². The van der Waals surface area contributed by atoms with Crippen molar-refractivity contribution in [2.45, 2.75) is 43.9 Å². The van der Waals surface area contributed by atoms with Crippen molar-refractivity contribution in [3.63, 3.8) is 0 Å². The number of carbonyl (C=O) groups excluding carboxylic acids is 1. The van der Waals surface area contributed by atoms with Crippen molar-refractivity contribution < 1.29 is 17.9 Å². The summed E-state index contributed by atoms with van der Waals surface area (Å²) in [5.41, 5.74) is 0. The molecule has 0 fully saturated rings. The topological polar surface area (TPSA) is 110 Å². The van der Waals surface area contributed by atoms with E-state index in [1.54, 1.807) is 12.1 Å². The van der Waals surface area contributed by atoms with Crippen LogP contribution < -0.4 is 14.8 Å². The molecule has 2 N–H and O–H groups in total. The van der Waals surface area contributed by atoms with Crippen LogP contribution in [0.4, 0.5) is 5.13 Å². The average molecular weight is 413 g/mol. The summed E-state index contributed by atoms with van der Waals surface area (Å²) in [6.07, 6.45) is 4.17. The van der Waals surface area contributed by atoms with Crippen LogP contribution in [0.3, 0.4) is 0 Å². The predicted molar refractivity (Wildman–Crippen MR) is 105 cm³/mol. The molecule has 1 aromatic heterocycles. The molecule has 0 bridgehead atoms. The summed E-state index contributed by atoms with van der Waals surface area (Å²) in [6, 6.07) is 6.02. The molecule has 0 aliphatic rings. The Hall–Kier alpha value is -2.04. The third kappa shape index (κ3) is 6.89. The van der Waals surface area contributed by atoms with E-state index in [2.05, 4.69) is 27.2 Å². The first-order chi connectivity index (χ1) is 12.9. The Morgan fingerprint density at radius 1 is 1.19 bits per heavy atom. The molecule has 0 unspecified atom stereocenters. The van der Waals surface area contributed by atoms with E-state index in [9.17, 15) is 13.2 Å². The van der Waals surface area contributed by atoms with Crippen LogP contribution in [0.2, 0.25) is 0 Å². The summed E-state index contributed by atoms with van der Waals surface area (Å²) in [5.74, 6) is 0.253. The summed E-state index contributed by atoms with van der Waals surface area (Å²) in [5, 5.41) is 12.0. The van der Waals surface area contributed by atoms with Crippen LogP contribution in [0.15, 0.2) is 29.2 Å². The molecule has 1 heterocycles. The number of methoxy groups -OCH3 is 1. The standard InChI is InChI=1S/C17H24N4O4S2/c1-3-4-5-6-16-20-21-17(26-16)19-15(22)11-12-18-27(23,24)14-9-7-13(25-2)8-10-14/h7-10,18H,3-6,11-12H2,1-2H3,(H,19,21,22). The number of amides is 1. The monoisotopic (exact) mass is 412 g/mol. The van der Waals surface area contributed by atoms with E-state index in [1.807, 2.05) is 0 Å². The number of sulfonamides is 1. The molecule has 1 amide bonds. The van der Waals surface area contributed by atoms with Gasteiger partial charge in [-0.3, -0.25) is 4.79 Å². The highest BCUT2D eigenvalue weighted by Gasteiger charge is 2.15. The van der Waals surface area contributed by atoms with Gasteiger partial charge in [0.25, 0.3) is 0 Å². The second-order valence-electron chi connectivity index (χ2n) is 5.83. The van der Waals surface area contributed by atoms with Crippen molar-refractivity contribution in [1.82, 2.24) is 14.9 Å². The number of carbonyl (C=O) groups is 1. The van der Waals surface area contributed by atoms with Crippen LogP contribution in [0.25, 0.3) is 0 Å². The van der Waals surface area contributed by atoms with Gasteiger partial charge in [-0.15, -0.1) is 10.2 Å². The van der Waals surface area contributed by atoms with Gasteiger partial charge < -0.3 is 10.1 Å². The number of aryl methyl sites for hydroxylation is 1. The Labute approximate surface area is 163 Å². The lowest BCUT2D eigenvalue weighted by molar-refractivity contribution is -0.116. The highest BCUT2D eigenvalue weighted by molar-refractivity contribution is 7.89. The van der Waals surface area contributed by atoms with Crippen molar-refractivity contribution >= 4 is 32.4 Å². The second-order valence-corrected chi connectivity index (χ2v) is 8.66. The molecule has 0 aliphatic heterocycles. The van der Waals surface area contributed by atoms with Crippen LogP contribution >= 0.6 is 11.3 Å². The zero-order chi connectivity index (χ0) is 19.7. The van der Waals surface area contributed by atoms with E-state index in [1.165, 1.54) is 30.6 Å². The first-order valence-electron chi connectivity index (χ1n) is 8.70. The molecule has 0 spiro atoms. The predicted octanol–water partition coefficient (Wildman–Crippen LogP) is 2.59. The van der Waals surface area contributed by atoms with Gasteiger partial charge in [0.15, 0.2) is 0 Å². The summed E-state index contributed by atoms with van der Waals surface area (Å²) in [6.45, 7) is 2.12. The fourth-order valence-electron chi connectivity index (χ4n) is 2.25. The lowest BCUT2D eigenvalue weighted by Gasteiger charge is -2.07. The molecule has 0 saturated carbocycles. The van der Waals surface area contributed by atoms with Crippen LogP contribution in [0.5, 0.6) is 5.75 Å². The quantitative estimate of drug-likeness (QED) is 0.549. The molecule has 2 rings (SSSR count). The van der Waals surface area contributed by atoms with Gasteiger partial charge in [-0.1, -0.05) is 31.1 Å². The summed E-state index contributed by atoms with van der Waals surface area (Å²) in [7, 11) is -2.17. The van der Waals surface area contributed by atoms with Crippen LogP contribution in [-0.2, 0) is 21.2 Å². The van der Waals surface area contributed by atoms with E-state index in [4.69, 9.17) is 4.74 Å². The maximum atomic E-state index is 12.2. The van der Waals surface area contributed by atoms with Crippen molar-refractivity contribution in [2.75, 3.05) is 19.0 Å². The highest BCUT2D eigenvalue weighted by atomic mass is 32.2. The number of hydrogen-bond acceptors (Lipinski definition) is 7. The number of ether oxygens (including phenoxy) is 1. The third-order valence-electron chi connectivity index (χ3n) is 3.72. The zero-order valence-corrected chi connectivity index (χ0v) is 17.0. The lowest BCUT2D eigenvalue weighted by atomic mass is 10.2. The Morgan fingerprint density at radius 3 is 2.59 bits per heavy atom. The number of benzene rings is 1. The number of rotatable bonds is 11. The first kappa shape index (κ1) is 21.3. The molecule has 1 aromatic carbocycles. The minimum absolute atomic E-state index is 0.000132. The largest absolute Gasteiger partial charge is 0.497 e. The average Bonchev–Trinajstić information content (AvgIpc) is 3.09. The van der Waals surface area contributed by atoms with Crippen molar-refractivity contribution in [1.29, 1.82) is 0 Å². The SMILES string of the molecule is CCCCCc1nnc(NC(=O)CCNS(=O)(=O)c2ccc(OC)cc2)s1. The van der Waals surface area contributed by atoms with Gasteiger partial charge in [0, 0.05) is 19.4 Å². The van der Waals surface area contributed by atoms with Gasteiger partial charge in [0.2, 0.25) is 21.1 Å². The molecule has 2 aromatic rings. The smallest absolute Gasteiger partial charge is 0.240 e. The van der Waals surface area contributed by atoms with Gasteiger partial charge in [0.05, 0.1) is 12.0 Å². The maximum absolute atomic E-state index is 12.2. The molecular formula is C17H24N4O4S2. The summed E-state index contributed by atoms with van der Waals surface area (Å²) < 4.78 is 31.8. The van der Waals surface area contributed by atoms with E-state index < -0.39 is 10.0 Å². The molecule has 10 heteroatoms. The molecule has 8 nitrogen and oxygen atoms in total. The number of anilines is 1. The van der Waals surface area contributed by atoms with Gasteiger partial charge in [-0.05, 0) is 30.7 Å². The third-order valence-corrected chi connectivity index (χ3v) is 6.10. The number of hydrogen-bond donors (Lipinski definition) is 2. The highest BCUT2D eigenvalue weighted by Crippen LogP contribution is 2.18. The zero-order valence-electron chi connectivity index (χ0n) is 15.4. The maximum Gasteiger partial charge on any atom is 0.240 e. The Kier molecular flexibility index (Phi) is 8.14. The fourth-order valence-corrected chi connectivity index (χ4v) is 4.08. The Balaban J connectivity index is 1.78.